The molecule has 0 aliphatic carbocycles. The summed E-state index contributed by atoms with van der Waals surface area (Å²) in [6, 6.07) is 1.41. The fourth-order valence-corrected chi connectivity index (χ4v) is 3.23. The van der Waals surface area contributed by atoms with Gasteiger partial charge in [0.05, 0.1) is 5.56 Å². The maximum Gasteiger partial charge on any atom is 0.154 e. The number of phenolic OH excluding ortho intramolecular Hbond substituents is 1. The van der Waals surface area contributed by atoms with Crippen molar-refractivity contribution in [2.45, 2.75) is 77.1 Å². The molecule has 134 valence electrons. The molecule has 1 aliphatic rings. The van der Waals surface area contributed by atoms with Gasteiger partial charge in [0, 0.05) is 11.1 Å². The maximum atomic E-state index is 11.7. The predicted octanol–water partition coefficient (Wildman–Crippen LogP) is 3.28. The third-order valence-corrected chi connectivity index (χ3v) is 4.78. The number of ether oxygens (including phenoxy) is 1. The van der Waals surface area contributed by atoms with E-state index in [1.807, 2.05) is 0 Å². The van der Waals surface area contributed by atoms with Crippen LogP contribution in [0.2, 0.25) is 0 Å². The standard InChI is InChI=1S/C19H28O5/c1-4-5-6-7-8-9-12-14(11-20)17-13(10-15(12)21)16(22)18(23)19(2,3)24-17/h10-11,16,18,21-23H,4-9H2,1-3H3/t16-,18+/m0/s1. The molecule has 0 bridgehead atoms. The molecule has 1 aliphatic heterocycles. The van der Waals surface area contributed by atoms with E-state index in [0.717, 1.165) is 25.7 Å². The summed E-state index contributed by atoms with van der Waals surface area (Å²) in [6.45, 7) is 5.48. The van der Waals surface area contributed by atoms with Gasteiger partial charge in [0.25, 0.3) is 0 Å². The van der Waals surface area contributed by atoms with Crippen LogP contribution >= 0.6 is 0 Å². The molecule has 0 amide bonds. The highest BCUT2D eigenvalue weighted by Crippen LogP contribution is 2.45. The van der Waals surface area contributed by atoms with Crippen molar-refractivity contribution in [1.82, 2.24) is 0 Å². The Labute approximate surface area is 143 Å². The van der Waals surface area contributed by atoms with E-state index in [0.29, 0.717) is 18.3 Å². The molecule has 1 aromatic carbocycles. The molecule has 2 atom stereocenters. The largest absolute Gasteiger partial charge is 0.508 e. The molecule has 0 fully saturated rings. The number of unbranched alkanes of at least 4 members (excludes halogenated alkanes) is 4. The molecular formula is C19H28O5. The van der Waals surface area contributed by atoms with E-state index in [9.17, 15) is 20.1 Å². The lowest BCUT2D eigenvalue weighted by Gasteiger charge is -2.40. The van der Waals surface area contributed by atoms with Gasteiger partial charge in [-0.25, -0.2) is 0 Å². The van der Waals surface area contributed by atoms with Gasteiger partial charge in [-0.05, 0) is 32.8 Å². The van der Waals surface area contributed by atoms with Crippen LogP contribution in [0.25, 0.3) is 0 Å². The normalized spacial score (nSPS) is 21.9. The quantitative estimate of drug-likeness (QED) is 0.525. The van der Waals surface area contributed by atoms with Crippen LogP contribution in [0, 0.1) is 0 Å². The number of phenols is 1. The molecule has 0 saturated heterocycles. The van der Waals surface area contributed by atoms with Crippen molar-refractivity contribution in [2.75, 3.05) is 0 Å². The molecule has 0 saturated carbocycles. The second-order valence-corrected chi connectivity index (χ2v) is 7.08. The van der Waals surface area contributed by atoms with Gasteiger partial charge in [-0.3, -0.25) is 4.79 Å². The molecule has 1 aromatic rings. The van der Waals surface area contributed by atoms with E-state index in [4.69, 9.17) is 4.74 Å². The Kier molecular flexibility index (Phi) is 5.88. The monoisotopic (exact) mass is 336 g/mol. The van der Waals surface area contributed by atoms with Crippen molar-refractivity contribution in [3.63, 3.8) is 0 Å². The summed E-state index contributed by atoms with van der Waals surface area (Å²) < 4.78 is 5.81. The topological polar surface area (TPSA) is 87.0 Å². The highest BCUT2D eigenvalue weighted by molar-refractivity contribution is 5.84. The first-order chi connectivity index (χ1) is 11.3. The van der Waals surface area contributed by atoms with Crippen LogP contribution in [-0.4, -0.2) is 33.3 Å². The molecule has 0 spiro atoms. The van der Waals surface area contributed by atoms with E-state index < -0.39 is 17.8 Å². The number of aliphatic hydroxyl groups excluding tert-OH is 2. The van der Waals surface area contributed by atoms with Crippen LogP contribution in [0.15, 0.2) is 6.07 Å². The SMILES string of the molecule is CCCCCCCc1c(O)cc2c(c1C=O)OC(C)(C)[C@H](O)[C@H]2O. The zero-order chi connectivity index (χ0) is 17.9. The van der Waals surface area contributed by atoms with Crippen molar-refractivity contribution in [2.24, 2.45) is 0 Å². The number of aliphatic hydroxyl groups is 2. The van der Waals surface area contributed by atoms with Crippen molar-refractivity contribution in [3.8, 4) is 11.5 Å². The number of hydrogen-bond acceptors (Lipinski definition) is 5. The van der Waals surface area contributed by atoms with E-state index in [2.05, 4.69) is 6.92 Å². The average Bonchev–Trinajstić information content (AvgIpc) is 2.54. The fourth-order valence-electron chi connectivity index (χ4n) is 3.23. The molecule has 0 unspecified atom stereocenters. The van der Waals surface area contributed by atoms with E-state index >= 15 is 0 Å². The third-order valence-electron chi connectivity index (χ3n) is 4.78. The Bertz CT molecular complexity index is 594. The second kappa shape index (κ2) is 7.53. The summed E-state index contributed by atoms with van der Waals surface area (Å²) >= 11 is 0. The summed E-state index contributed by atoms with van der Waals surface area (Å²) in [5, 5.41) is 30.8. The number of rotatable bonds is 7. The lowest BCUT2D eigenvalue weighted by molar-refractivity contribution is -0.112. The zero-order valence-corrected chi connectivity index (χ0v) is 14.7. The fraction of sp³-hybridized carbons (Fsp3) is 0.632. The number of hydrogen-bond donors (Lipinski definition) is 3. The van der Waals surface area contributed by atoms with Gasteiger partial charge in [0.15, 0.2) is 6.29 Å². The number of benzene rings is 1. The van der Waals surface area contributed by atoms with E-state index in [1.165, 1.54) is 12.5 Å². The smallest absolute Gasteiger partial charge is 0.154 e. The Hall–Kier alpha value is -1.59. The van der Waals surface area contributed by atoms with Gasteiger partial charge in [-0.2, -0.15) is 0 Å². The van der Waals surface area contributed by atoms with Crippen LogP contribution < -0.4 is 4.74 Å². The van der Waals surface area contributed by atoms with Crippen LogP contribution in [0.4, 0.5) is 0 Å². The highest BCUT2D eigenvalue weighted by atomic mass is 16.5. The number of carbonyl (C=O) groups excluding carboxylic acids is 1. The van der Waals surface area contributed by atoms with Gasteiger partial charge < -0.3 is 20.1 Å². The Balaban J connectivity index is 2.33. The summed E-state index contributed by atoms with van der Waals surface area (Å²) in [7, 11) is 0. The molecular weight excluding hydrogens is 308 g/mol. The Morgan fingerprint density at radius 2 is 1.88 bits per heavy atom. The Morgan fingerprint density at radius 1 is 1.21 bits per heavy atom. The first-order valence-electron chi connectivity index (χ1n) is 8.72. The second-order valence-electron chi connectivity index (χ2n) is 7.08. The minimum atomic E-state index is -1.20. The van der Waals surface area contributed by atoms with E-state index in [1.54, 1.807) is 13.8 Å². The molecule has 0 radical (unpaired) electrons. The molecule has 0 aromatic heterocycles. The number of carbonyl (C=O) groups is 1. The van der Waals surface area contributed by atoms with Crippen LogP contribution in [0.3, 0.4) is 0 Å². The lowest BCUT2D eigenvalue weighted by atomic mass is 9.85. The van der Waals surface area contributed by atoms with Crippen molar-refractivity contribution >= 4 is 6.29 Å². The van der Waals surface area contributed by atoms with Gasteiger partial charge in [0.1, 0.15) is 29.3 Å². The van der Waals surface area contributed by atoms with Gasteiger partial charge in [-0.1, -0.05) is 32.6 Å². The van der Waals surface area contributed by atoms with E-state index in [-0.39, 0.29) is 22.6 Å². The number of fused-ring (bicyclic) bond motifs is 1. The number of aromatic hydroxyl groups is 1. The van der Waals surface area contributed by atoms with Gasteiger partial charge >= 0.3 is 0 Å². The molecule has 5 nitrogen and oxygen atoms in total. The summed E-state index contributed by atoms with van der Waals surface area (Å²) in [4.78, 5) is 11.7. The molecule has 24 heavy (non-hydrogen) atoms. The average molecular weight is 336 g/mol. The van der Waals surface area contributed by atoms with Crippen molar-refractivity contribution in [1.29, 1.82) is 0 Å². The highest BCUT2D eigenvalue weighted by Gasteiger charge is 2.43. The molecule has 2 rings (SSSR count). The molecule has 1 heterocycles. The molecule has 5 heteroatoms. The lowest BCUT2D eigenvalue weighted by Crippen LogP contribution is -2.49. The van der Waals surface area contributed by atoms with Crippen molar-refractivity contribution < 1.29 is 24.9 Å². The van der Waals surface area contributed by atoms with Crippen LogP contribution in [0.5, 0.6) is 11.5 Å². The predicted molar refractivity (Wildman–Crippen MR) is 91.6 cm³/mol. The summed E-state index contributed by atoms with van der Waals surface area (Å²) in [5.74, 6) is 0.245. The maximum absolute atomic E-state index is 11.7. The third kappa shape index (κ3) is 3.57. The minimum Gasteiger partial charge on any atom is -0.508 e. The Morgan fingerprint density at radius 3 is 2.50 bits per heavy atom. The summed E-state index contributed by atoms with van der Waals surface area (Å²) in [5.41, 5.74) is 0.0785. The van der Waals surface area contributed by atoms with Crippen LogP contribution in [-0.2, 0) is 6.42 Å². The van der Waals surface area contributed by atoms with Gasteiger partial charge in [-0.15, -0.1) is 0 Å². The number of aldehydes is 1. The van der Waals surface area contributed by atoms with Crippen LogP contribution in [0.1, 0.15) is 80.5 Å². The molecule has 3 N–H and O–H groups in total. The van der Waals surface area contributed by atoms with Crippen molar-refractivity contribution in [3.05, 3.63) is 22.8 Å². The summed E-state index contributed by atoms with van der Waals surface area (Å²) in [6.07, 6.45) is 4.30. The minimum absolute atomic E-state index is 0.0269. The zero-order valence-electron chi connectivity index (χ0n) is 14.7. The first kappa shape index (κ1) is 18.7. The first-order valence-corrected chi connectivity index (χ1v) is 8.72. The van der Waals surface area contributed by atoms with Gasteiger partial charge in [0.2, 0.25) is 0 Å².